The fourth-order valence-electron chi connectivity index (χ4n) is 1.99. The third kappa shape index (κ3) is 6.40. The lowest BCUT2D eigenvalue weighted by molar-refractivity contribution is -0.120. The van der Waals surface area contributed by atoms with Crippen LogP contribution in [0, 0.1) is 0 Å². The summed E-state index contributed by atoms with van der Waals surface area (Å²) in [7, 11) is 3.31. The number of rotatable bonds is 7. The maximum Gasteiger partial charge on any atom is 0.317 e. The van der Waals surface area contributed by atoms with Crippen molar-refractivity contribution in [2.24, 2.45) is 0 Å². The summed E-state index contributed by atoms with van der Waals surface area (Å²) < 4.78 is 5.34. The molecule has 0 aromatic heterocycles. The van der Waals surface area contributed by atoms with Crippen molar-refractivity contribution in [3.05, 3.63) is 23.8 Å². The smallest absolute Gasteiger partial charge is 0.317 e. The molecule has 0 aliphatic carbocycles. The standard InChI is InChI=1S/C16H25N3O3S/c1-11(2)18-15(20)9-17-16(21)19(3)10-12-6-7-14(23-5)13(8-12)22-4/h6-8,11H,9-10H2,1-5H3,(H,17,21)(H,18,20). The monoisotopic (exact) mass is 339 g/mol. The molecule has 0 aliphatic heterocycles. The molecule has 3 amide bonds. The predicted octanol–water partition coefficient (Wildman–Crippen LogP) is 2.08. The van der Waals surface area contributed by atoms with Gasteiger partial charge in [-0.05, 0) is 37.8 Å². The van der Waals surface area contributed by atoms with Crippen molar-refractivity contribution in [3.8, 4) is 5.75 Å². The molecule has 0 bridgehead atoms. The molecular formula is C16H25N3O3S. The zero-order valence-corrected chi connectivity index (χ0v) is 15.1. The first-order valence-corrected chi connectivity index (χ1v) is 8.59. The van der Waals surface area contributed by atoms with E-state index in [4.69, 9.17) is 4.74 Å². The van der Waals surface area contributed by atoms with E-state index in [1.165, 1.54) is 4.90 Å². The number of carbonyl (C=O) groups is 2. The van der Waals surface area contributed by atoms with Gasteiger partial charge in [-0.1, -0.05) is 6.07 Å². The first-order chi connectivity index (χ1) is 10.9. The van der Waals surface area contributed by atoms with E-state index >= 15 is 0 Å². The highest BCUT2D eigenvalue weighted by atomic mass is 32.2. The average molecular weight is 339 g/mol. The van der Waals surface area contributed by atoms with Crippen LogP contribution in [0.3, 0.4) is 0 Å². The SMILES string of the molecule is COc1cc(CN(C)C(=O)NCC(=O)NC(C)C)ccc1SC. The average Bonchev–Trinajstić information content (AvgIpc) is 2.51. The minimum Gasteiger partial charge on any atom is -0.496 e. The van der Waals surface area contributed by atoms with Gasteiger partial charge in [0, 0.05) is 24.5 Å². The Kier molecular flexibility index (Phi) is 7.74. The van der Waals surface area contributed by atoms with E-state index in [0.29, 0.717) is 6.54 Å². The number of nitrogens with zero attached hydrogens (tertiary/aromatic N) is 1. The van der Waals surface area contributed by atoms with E-state index in [9.17, 15) is 9.59 Å². The number of ether oxygens (including phenoxy) is 1. The Balaban J connectivity index is 2.56. The van der Waals surface area contributed by atoms with Crippen LogP contribution < -0.4 is 15.4 Å². The molecule has 0 unspecified atom stereocenters. The minimum atomic E-state index is -0.295. The number of carbonyl (C=O) groups excluding carboxylic acids is 2. The summed E-state index contributed by atoms with van der Waals surface area (Å²) in [5.41, 5.74) is 0.962. The quantitative estimate of drug-likeness (QED) is 0.746. The van der Waals surface area contributed by atoms with Gasteiger partial charge in [0.05, 0.1) is 13.7 Å². The second-order valence-electron chi connectivity index (χ2n) is 5.43. The van der Waals surface area contributed by atoms with Gasteiger partial charge in [0.1, 0.15) is 5.75 Å². The van der Waals surface area contributed by atoms with Gasteiger partial charge in [0.2, 0.25) is 5.91 Å². The van der Waals surface area contributed by atoms with Gasteiger partial charge in [-0.15, -0.1) is 11.8 Å². The summed E-state index contributed by atoms with van der Waals surface area (Å²) in [6.45, 7) is 4.15. The highest BCUT2D eigenvalue weighted by Gasteiger charge is 2.12. The van der Waals surface area contributed by atoms with Crippen LogP contribution in [0.1, 0.15) is 19.4 Å². The largest absolute Gasteiger partial charge is 0.496 e. The number of hydrogen-bond acceptors (Lipinski definition) is 4. The summed E-state index contributed by atoms with van der Waals surface area (Å²) in [6.07, 6.45) is 1.99. The van der Waals surface area contributed by atoms with E-state index in [0.717, 1.165) is 16.2 Å². The van der Waals surface area contributed by atoms with Crippen molar-refractivity contribution in [3.63, 3.8) is 0 Å². The van der Waals surface area contributed by atoms with E-state index in [2.05, 4.69) is 10.6 Å². The third-order valence-corrected chi connectivity index (χ3v) is 3.84. The van der Waals surface area contributed by atoms with Crippen LogP contribution in [0.4, 0.5) is 4.79 Å². The van der Waals surface area contributed by atoms with Gasteiger partial charge in [-0.3, -0.25) is 4.79 Å². The van der Waals surface area contributed by atoms with E-state index < -0.39 is 0 Å². The molecule has 1 aromatic carbocycles. The van der Waals surface area contributed by atoms with Crippen molar-refractivity contribution in [1.29, 1.82) is 0 Å². The molecule has 1 aromatic rings. The highest BCUT2D eigenvalue weighted by molar-refractivity contribution is 7.98. The van der Waals surface area contributed by atoms with E-state index in [1.54, 1.807) is 25.9 Å². The Hall–Kier alpha value is -1.89. The molecule has 23 heavy (non-hydrogen) atoms. The van der Waals surface area contributed by atoms with Crippen molar-refractivity contribution in [2.75, 3.05) is 27.0 Å². The fraction of sp³-hybridized carbons (Fsp3) is 0.500. The van der Waals surface area contributed by atoms with Crippen LogP contribution in [0.25, 0.3) is 0 Å². The molecule has 0 heterocycles. The lowest BCUT2D eigenvalue weighted by Gasteiger charge is -2.19. The minimum absolute atomic E-state index is 0.0317. The Morgan fingerprint density at radius 3 is 2.61 bits per heavy atom. The van der Waals surface area contributed by atoms with Gasteiger partial charge in [-0.2, -0.15) is 0 Å². The second-order valence-corrected chi connectivity index (χ2v) is 6.27. The Morgan fingerprint density at radius 1 is 1.35 bits per heavy atom. The maximum atomic E-state index is 12.0. The van der Waals surface area contributed by atoms with Crippen LogP contribution in [-0.2, 0) is 11.3 Å². The molecule has 0 fully saturated rings. The Labute approximate surface area is 142 Å². The molecule has 0 aliphatic rings. The van der Waals surface area contributed by atoms with Crippen molar-refractivity contribution >= 4 is 23.7 Å². The van der Waals surface area contributed by atoms with Crippen LogP contribution in [-0.4, -0.2) is 49.8 Å². The normalized spacial score (nSPS) is 10.3. The number of thioether (sulfide) groups is 1. The predicted molar refractivity (Wildman–Crippen MR) is 92.9 cm³/mol. The number of nitrogens with one attached hydrogen (secondary N) is 2. The molecule has 1 rings (SSSR count). The number of amides is 3. The molecule has 0 atom stereocenters. The lowest BCUT2D eigenvalue weighted by Crippen LogP contribution is -2.44. The molecule has 6 nitrogen and oxygen atoms in total. The summed E-state index contributed by atoms with van der Waals surface area (Å²) in [4.78, 5) is 26.1. The number of urea groups is 1. The van der Waals surface area contributed by atoms with Crippen LogP contribution in [0.15, 0.2) is 23.1 Å². The van der Waals surface area contributed by atoms with Gasteiger partial charge in [0.15, 0.2) is 0 Å². The topological polar surface area (TPSA) is 70.7 Å². The van der Waals surface area contributed by atoms with Crippen LogP contribution in [0.2, 0.25) is 0 Å². The third-order valence-electron chi connectivity index (χ3n) is 3.06. The molecular weight excluding hydrogens is 314 g/mol. The van der Waals surface area contributed by atoms with Gasteiger partial charge in [-0.25, -0.2) is 4.79 Å². The zero-order valence-electron chi connectivity index (χ0n) is 14.3. The highest BCUT2D eigenvalue weighted by Crippen LogP contribution is 2.28. The fourth-order valence-corrected chi connectivity index (χ4v) is 2.54. The lowest BCUT2D eigenvalue weighted by atomic mass is 10.2. The number of benzene rings is 1. The Bertz CT molecular complexity index is 549. The van der Waals surface area contributed by atoms with Gasteiger partial charge in [0.25, 0.3) is 0 Å². The van der Waals surface area contributed by atoms with Gasteiger partial charge >= 0.3 is 6.03 Å². The molecule has 0 saturated carbocycles. The van der Waals surface area contributed by atoms with E-state index in [-0.39, 0.29) is 24.5 Å². The van der Waals surface area contributed by atoms with Crippen molar-refractivity contribution in [2.45, 2.75) is 31.3 Å². The molecule has 0 spiro atoms. The van der Waals surface area contributed by atoms with Crippen LogP contribution >= 0.6 is 11.8 Å². The molecule has 0 saturated heterocycles. The van der Waals surface area contributed by atoms with Crippen molar-refractivity contribution in [1.82, 2.24) is 15.5 Å². The van der Waals surface area contributed by atoms with Gasteiger partial charge < -0.3 is 20.3 Å². The van der Waals surface area contributed by atoms with Crippen molar-refractivity contribution < 1.29 is 14.3 Å². The first kappa shape index (κ1) is 19.2. The molecule has 128 valence electrons. The molecule has 7 heteroatoms. The number of methoxy groups -OCH3 is 1. The molecule has 2 N–H and O–H groups in total. The summed E-state index contributed by atoms with van der Waals surface area (Å²) in [5.74, 6) is 0.591. The van der Waals surface area contributed by atoms with Crippen LogP contribution in [0.5, 0.6) is 5.75 Å². The maximum absolute atomic E-state index is 12.0. The number of hydrogen-bond donors (Lipinski definition) is 2. The second kappa shape index (κ2) is 9.29. The molecule has 0 radical (unpaired) electrons. The summed E-state index contributed by atoms with van der Waals surface area (Å²) in [6, 6.07) is 5.61. The summed E-state index contributed by atoms with van der Waals surface area (Å²) in [5, 5.41) is 5.32. The zero-order chi connectivity index (χ0) is 17.4. The Morgan fingerprint density at radius 2 is 2.04 bits per heavy atom. The summed E-state index contributed by atoms with van der Waals surface area (Å²) >= 11 is 1.61. The van der Waals surface area contributed by atoms with E-state index in [1.807, 2.05) is 38.3 Å². The first-order valence-electron chi connectivity index (χ1n) is 7.36.